The molecule has 1 amide bonds. The van der Waals surface area contributed by atoms with E-state index in [0.29, 0.717) is 48.6 Å². The molecule has 0 spiro atoms. The van der Waals surface area contributed by atoms with E-state index in [4.69, 9.17) is 4.74 Å². The normalized spacial score (nSPS) is 14.7. The number of halogens is 4. The summed E-state index contributed by atoms with van der Waals surface area (Å²) >= 11 is 3.44. The summed E-state index contributed by atoms with van der Waals surface area (Å²) in [4.78, 5) is 30.2. The SMILES string of the molecule is COC(=O)C(c1ccc(Br)cc1)N1CCN(c2ccc(NC(=O)c3ccccc3-c3ccc(C(F)(F)F)cc3)cc2)CC1. The predicted octanol–water partition coefficient (Wildman–Crippen LogP) is 7.42. The van der Waals surface area contributed by atoms with Gasteiger partial charge in [-0.2, -0.15) is 13.2 Å². The van der Waals surface area contributed by atoms with Gasteiger partial charge < -0.3 is 15.0 Å². The van der Waals surface area contributed by atoms with Gasteiger partial charge in [-0.3, -0.25) is 9.69 Å². The molecule has 1 aliphatic heterocycles. The van der Waals surface area contributed by atoms with Crippen LogP contribution >= 0.6 is 15.9 Å². The van der Waals surface area contributed by atoms with Gasteiger partial charge in [0.25, 0.3) is 5.91 Å². The number of benzene rings is 4. The lowest BCUT2D eigenvalue weighted by Gasteiger charge is -2.39. The number of alkyl halides is 3. The van der Waals surface area contributed by atoms with Gasteiger partial charge in [-0.05, 0) is 71.3 Å². The van der Waals surface area contributed by atoms with E-state index in [1.54, 1.807) is 24.3 Å². The molecular weight excluding hydrogens is 623 g/mol. The molecule has 6 nitrogen and oxygen atoms in total. The van der Waals surface area contributed by atoms with Crippen LogP contribution in [0, 0.1) is 0 Å². The molecular formula is C33H29BrF3N3O3. The highest BCUT2D eigenvalue weighted by atomic mass is 79.9. The largest absolute Gasteiger partial charge is 0.468 e. The number of piperazine rings is 1. The molecule has 1 saturated heterocycles. The Morgan fingerprint density at radius 3 is 2.07 bits per heavy atom. The Bertz CT molecular complexity index is 1570. The monoisotopic (exact) mass is 651 g/mol. The van der Waals surface area contributed by atoms with E-state index in [1.807, 2.05) is 48.5 Å². The fourth-order valence-corrected chi connectivity index (χ4v) is 5.48. The van der Waals surface area contributed by atoms with Crippen LogP contribution in [0.1, 0.15) is 27.5 Å². The third kappa shape index (κ3) is 7.09. The first-order valence-corrected chi connectivity index (χ1v) is 14.4. The van der Waals surface area contributed by atoms with Gasteiger partial charge in [0.05, 0.1) is 12.7 Å². The minimum atomic E-state index is -4.43. The molecule has 5 rings (SSSR count). The fraction of sp³-hybridized carbons (Fsp3) is 0.212. The Labute approximate surface area is 256 Å². The van der Waals surface area contributed by atoms with Crippen LogP contribution in [0.5, 0.6) is 0 Å². The van der Waals surface area contributed by atoms with E-state index in [0.717, 1.165) is 27.9 Å². The van der Waals surface area contributed by atoms with Gasteiger partial charge in [0, 0.05) is 47.6 Å². The summed E-state index contributed by atoms with van der Waals surface area (Å²) in [6, 6.07) is 26.3. The number of amides is 1. The van der Waals surface area contributed by atoms with E-state index >= 15 is 0 Å². The first kappa shape index (κ1) is 30.3. The molecule has 222 valence electrons. The number of hydrogen-bond donors (Lipinski definition) is 1. The minimum absolute atomic E-state index is 0.296. The van der Waals surface area contributed by atoms with Crippen LogP contribution in [0.2, 0.25) is 0 Å². The molecule has 1 N–H and O–H groups in total. The average molecular weight is 653 g/mol. The summed E-state index contributed by atoms with van der Waals surface area (Å²) in [6.07, 6.45) is -4.43. The maximum absolute atomic E-state index is 13.2. The molecule has 4 aromatic rings. The van der Waals surface area contributed by atoms with Crippen molar-refractivity contribution in [1.29, 1.82) is 0 Å². The molecule has 0 aliphatic carbocycles. The lowest BCUT2D eigenvalue weighted by Crippen LogP contribution is -2.49. The van der Waals surface area contributed by atoms with Gasteiger partial charge in [-0.15, -0.1) is 0 Å². The van der Waals surface area contributed by atoms with Crippen LogP contribution in [-0.2, 0) is 15.7 Å². The Morgan fingerprint density at radius 1 is 0.837 bits per heavy atom. The lowest BCUT2D eigenvalue weighted by atomic mass is 9.98. The van der Waals surface area contributed by atoms with E-state index in [2.05, 4.69) is 31.0 Å². The van der Waals surface area contributed by atoms with E-state index in [1.165, 1.54) is 19.2 Å². The molecule has 1 atom stereocenters. The zero-order chi connectivity index (χ0) is 30.6. The average Bonchev–Trinajstić information content (AvgIpc) is 3.02. The molecule has 43 heavy (non-hydrogen) atoms. The van der Waals surface area contributed by atoms with Crippen LogP contribution < -0.4 is 10.2 Å². The van der Waals surface area contributed by atoms with Gasteiger partial charge in [-0.1, -0.05) is 58.4 Å². The van der Waals surface area contributed by atoms with Crippen LogP contribution in [0.25, 0.3) is 11.1 Å². The Morgan fingerprint density at radius 2 is 1.47 bits per heavy atom. The van der Waals surface area contributed by atoms with Gasteiger partial charge in [-0.25, -0.2) is 4.79 Å². The Hall–Kier alpha value is -4.15. The summed E-state index contributed by atoms with van der Waals surface area (Å²) in [5.74, 6) is -0.658. The van der Waals surface area contributed by atoms with Crippen LogP contribution in [-0.4, -0.2) is 50.1 Å². The first-order chi connectivity index (χ1) is 20.6. The predicted molar refractivity (Wildman–Crippen MR) is 164 cm³/mol. The third-order valence-corrected chi connectivity index (χ3v) is 8.00. The quantitative estimate of drug-likeness (QED) is 0.211. The number of nitrogens with one attached hydrogen (secondary N) is 1. The van der Waals surface area contributed by atoms with Crippen molar-refractivity contribution >= 4 is 39.2 Å². The summed E-state index contributed by atoms with van der Waals surface area (Å²) < 4.78 is 45.0. The number of nitrogens with zero attached hydrogens (tertiary/aromatic N) is 2. The summed E-state index contributed by atoms with van der Waals surface area (Å²) in [6.45, 7) is 2.73. The van der Waals surface area contributed by atoms with E-state index in [9.17, 15) is 22.8 Å². The molecule has 1 fully saturated rings. The van der Waals surface area contributed by atoms with Crippen molar-refractivity contribution in [3.8, 4) is 11.1 Å². The third-order valence-electron chi connectivity index (χ3n) is 7.47. The molecule has 0 radical (unpaired) electrons. The summed E-state index contributed by atoms with van der Waals surface area (Å²) in [7, 11) is 1.40. The number of anilines is 2. The number of methoxy groups -OCH3 is 1. The second kappa shape index (κ2) is 13.0. The van der Waals surface area contributed by atoms with Crippen molar-refractivity contribution in [2.75, 3.05) is 43.5 Å². The van der Waals surface area contributed by atoms with E-state index in [-0.39, 0.29) is 11.9 Å². The zero-order valence-corrected chi connectivity index (χ0v) is 24.9. The van der Waals surface area contributed by atoms with Crippen molar-refractivity contribution in [2.45, 2.75) is 12.2 Å². The van der Waals surface area contributed by atoms with Gasteiger partial charge in [0.15, 0.2) is 0 Å². The van der Waals surface area contributed by atoms with Gasteiger partial charge >= 0.3 is 12.1 Å². The second-order valence-electron chi connectivity index (χ2n) is 10.1. The smallest absolute Gasteiger partial charge is 0.416 e. The van der Waals surface area contributed by atoms with Crippen molar-refractivity contribution in [1.82, 2.24) is 4.90 Å². The number of ether oxygens (including phenoxy) is 1. The Balaban J connectivity index is 1.23. The van der Waals surface area contributed by atoms with Gasteiger partial charge in [0.1, 0.15) is 6.04 Å². The number of rotatable bonds is 7. The number of carbonyl (C=O) groups is 2. The maximum Gasteiger partial charge on any atom is 0.416 e. The first-order valence-electron chi connectivity index (χ1n) is 13.6. The molecule has 1 unspecified atom stereocenters. The molecule has 1 aliphatic rings. The molecule has 4 aromatic carbocycles. The lowest BCUT2D eigenvalue weighted by molar-refractivity contribution is -0.147. The van der Waals surface area contributed by atoms with Crippen molar-refractivity contribution in [2.24, 2.45) is 0 Å². The topological polar surface area (TPSA) is 61.9 Å². The van der Waals surface area contributed by atoms with Crippen molar-refractivity contribution in [3.63, 3.8) is 0 Å². The standard InChI is InChI=1S/C33H29BrF3N3O3/c1-43-32(42)30(23-8-12-25(34)13-9-23)40-20-18-39(19-21-40)27-16-14-26(15-17-27)38-31(41)29-5-3-2-4-28(29)22-6-10-24(11-7-22)33(35,36)37/h2-17,30H,18-21H2,1H3,(H,38,41). The number of esters is 1. The highest BCUT2D eigenvalue weighted by molar-refractivity contribution is 9.10. The number of hydrogen-bond acceptors (Lipinski definition) is 5. The highest BCUT2D eigenvalue weighted by Gasteiger charge is 2.32. The maximum atomic E-state index is 13.2. The van der Waals surface area contributed by atoms with Crippen LogP contribution in [0.4, 0.5) is 24.5 Å². The highest BCUT2D eigenvalue weighted by Crippen LogP contribution is 2.32. The fourth-order valence-electron chi connectivity index (χ4n) is 5.22. The molecule has 10 heteroatoms. The Kier molecular flexibility index (Phi) is 9.17. The molecule has 0 aromatic heterocycles. The van der Waals surface area contributed by atoms with Crippen LogP contribution in [0.3, 0.4) is 0 Å². The number of carbonyl (C=O) groups excluding carboxylic acids is 2. The second-order valence-corrected chi connectivity index (χ2v) is 11.0. The molecule has 0 bridgehead atoms. The summed E-state index contributed by atoms with van der Waals surface area (Å²) in [5.41, 5.74) is 3.13. The molecule has 1 heterocycles. The summed E-state index contributed by atoms with van der Waals surface area (Å²) in [5, 5.41) is 2.90. The zero-order valence-electron chi connectivity index (χ0n) is 23.3. The van der Waals surface area contributed by atoms with Crippen LogP contribution in [0.15, 0.2) is 102 Å². The molecule has 0 saturated carbocycles. The minimum Gasteiger partial charge on any atom is -0.468 e. The van der Waals surface area contributed by atoms with Crippen molar-refractivity contribution < 1.29 is 27.5 Å². The van der Waals surface area contributed by atoms with Gasteiger partial charge in [0.2, 0.25) is 0 Å². The van der Waals surface area contributed by atoms with Crippen molar-refractivity contribution in [3.05, 3.63) is 118 Å². The van der Waals surface area contributed by atoms with E-state index < -0.39 is 17.8 Å².